The topological polar surface area (TPSA) is 127 Å². The summed E-state index contributed by atoms with van der Waals surface area (Å²) in [6.07, 6.45) is -2.07. The molecule has 0 unspecified atom stereocenters. The van der Waals surface area contributed by atoms with E-state index in [-0.39, 0.29) is 6.61 Å². The number of ether oxygens (including phenoxy) is 1. The minimum Gasteiger partial charge on any atom is -0.509 e. The molecule has 5 N–H and O–H groups in total. The molecule has 0 amide bonds. The highest BCUT2D eigenvalue weighted by Gasteiger charge is 2.50. The summed E-state index contributed by atoms with van der Waals surface area (Å²) in [6, 6.07) is 16.8. The molecular weight excluding hydrogens is 376 g/mol. The average molecular weight is 400 g/mol. The van der Waals surface area contributed by atoms with Gasteiger partial charge in [-0.2, -0.15) is 0 Å². The Morgan fingerprint density at radius 1 is 0.966 bits per heavy atom. The number of benzene rings is 2. The molecule has 0 heterocycles. The first-order valence-electron chi connectivity index (χ1n) is 8.98. The molecule has 7 nitrogen and oxygen atoms in total. The Morgan fingerprint density at radius 3 is 1.93 bits per heavy atom. The third kappa shape index (κ3) is 5.52. The summed E-state index contributed by atoms with van der Waals surface area (Å²) in [7, 11) is 0. The SMILES string of the molecule is CCO[C@](O)(C(=O)C(O)=Cc1ccccc1)[C@@H](O)[C@H](O)C(O)=Cc1ccccc1. The van der Waals surface area contributed by atoms with Crippen molar-refractivity contribution in [3.8, 4) is 0 Å². The molecule has 7 heteroatoms. The number of hydrogen-bond acceptors (Lipinski definition) is 7. The van der Waals surface area contributed by atoms with Crippen LogP contribution in [0.25, 0.3) is 12.2 Å². The summed E-state index contributed by atoms with van der Waals surface area (Å²) < 4.78 is 4.99. The lowest BCUT2D eigenvalue weighted by Crippen LogP contribution is -2.57. The van der Waals surface area contributed by atoms with Crippen molar-refractivity contribution in [3.63, 3.8) is 0 Å². The van der Waals surface area contributed by atoms with E-state index in [9.17, 15) is 30.3 Å². The Balaban J connectivity index is 2.30. The van der Waals surface area contributed by atoms with E-state index in [1.165, 1.54) is 13.0 Å². The summed E-state index contributed by atoms with van der Waals surface area (Å²) in [4.78, 5) is 12.6. The molecule has 0 radical (unpaired) electrons. The number of rotatable bonds is 9. The zero-order valence-corrected chi connectivity index (χ0v) is 15.8. The molecule has 0 aliphatic heterocycles. The lowest BCUT2D eigenvalue weighted by atomic mass is 9.96. The summed E-state index contributed by atoms with van der Waals surface area (Å²) in [5, 5.41) is 51.6. The quantitative estimate of drug-likeness (QED) is 0.248. The van der Waals surface area contributed by atoms with Crippen LogP contribution in [0.2, 0.25) is 0 Å². The van der Waals surface area contributed by atoms with Crippen molar-refractivity contribution in [1.29, 1.82) is 0 Å². The number of carbonyl (C=O) groups is 1. The van der Waals surface area contributed by atoms with Crippen LogP contribution in [0.15, 0.2) is 72.2 Å². The lowest BCUT2D eigenvalue weighted by Gasteiger charge is -2.33. The zero-order valence-electron chi connectivity index (χ0n) is 15.8. The molecule has 2 rings (SSSR count). The lowest BCUT2D eigenvalue weighted by molar-refractivity contribution is -0.255. The molecule has 0 saturated heterocycles. The second-order valence-electron chi connectivity index (χ2n) is 6.27. The molecule has 0 aliphatic rings. The Kier molecular flexibility index (Phi) is 7.69. The third-order valence-corrected chi connectivity index (χ3v) is 4.14. The van der Waals surface area contributed by atoms with Gasteiger partial charge < -0.3 is 30.3 Å². The van der Waals surface area contributed by atoms with Crippen LogP contribution in [-0.4, -0.2) is 55.9 Å². The van der Waals surface area contributed by atoms with Crippen LogP contribution in [0.4, 0.5) is 0 Å². The molecule has 154 valence electrons. The van der Waals surface area contributed by atoms with Crippen LogP contribution in [0.5, 0.6) is 0 Å². The first-order valence-corrected chi connectivity index (χ1v) is 8.98. The fourth-order valence-electron chi connectivity index (χ4n) is 2.64. The van der Waals surface area contributed by atoms with Gasteiger partial charge in [0, 0.05) is 6.61 Å². The van der Waals surface area contributed by atoms with Gasteiger partial charge in [-0.3, -0.25) is 4.79 Å². The maximum absolute atomic E-state index is 12.6. The van der Waals surface area contributed by atoms with Crippen LogP contribution < -0.4 is 0 Å². The van der Waals surface area contributed by atoms with Crippen molar-refractivity contribution in [2.24, 2.45) is 0 Å². The number of aliphatic hydroxyl groups excluding tert-OH is 4. The minimum absolute atomic E-state index is 0.214. The van der Waals surface area contributed by atoms with Crippen LogP contribution in [-0.2, 0) is 9.53 Å². The normalized spacial score (nSPS) is 16.7. The molecule has 29 heavy (non-hydrogen) atoms. The molecular formula is C22H24O7. The van der Waals surface area contributed by atoms with Gasteiger partial charge in [0.25, 0.3) is 11.6 Å². The monoisotopic (exact) mass is 400 g/mol. The van der Waals surface area contributed by atoms with E-state index < -0.39 is 35.3 Å². The van der Waals surface area contributed by atoms with E-state index in [4.69, 9.17) is 4.74 Å². The fourth-order valence-corrected chi connectivity index (χ4v) is 2.64. The molecule has 0 bridgehead atoms. The Labute approximate surface area is 168 Å². The number of aliphatic hydroxyl groups is 5. The zero-order chi connectivity index (χ0) is 21.4. The van der Waals surface area contributed by atoms with E-state index in [1.807, 2.05) is 0 Å². The average Bonchev–Trinajstić information content (AvgIpc) is 2.73. The van der Waals surface area contributed by atoms with Gasteiger partial charge in [-0.25, -0.2) is 0 Å². The molecule has 0 aliphatic carbocycles. The number of Topliss-reactive ketones (excluding diaryl/α,β-unsaturated/α-hetero) is 1. The van der Waals surface area contributed by atoms with Gasteiger partial charge in [-0.15, -0.1) is 0 Å². The van der Waals surface area contributed by atoms with Crippen molar-refractivity contribution >= 4 is 17.9 Å². The highest BCUT2D eigenvalue weighted by Crippen LogP contribution is 2.24. The molecule has 2 aromatic carbocycles. The fraction of sp³-hybridized carbons (Fsp3) is 0.227. The summed E-state index contributed by atoms with van der Waals surface area (Å²) >= 11 is 0. The van der Waals surface area contributed by atoms with Crippen molar-refractivity contribution in [1.82, 2.24) is 0 Å². The first-order chi connectivity index (χ1) is 13.8. The maximum atomic E-state index is 12.6. The maximum Gasteiger partial charge on any atom is 0.264 e. The highest BCUT2D eigenvalue weighted by molar-refractivity contribution is 6.02. The third-order valence-electron chi connectivity index (χ3n) is 4.14. The van der Waals surface area contributed by atoms with E-state index in [1.54, 1.807) is 60.7 Å². The Morgan fingerprint density at radius 2 is 1.45 bits per heavy atom. The van der Waals surface area contributed by atoms with Gasteiger partial charge in [0.1, 0.15) is 18.0 Å². The predicted molar refractivity (Wildman–Crippen MR) is 108 cm³/mol. The van der Waals surface area contributed by atoms with Crippen molar-refractivity contribution < 1.29 is 35.1 Å². The van der Waals surface area contributed by atoms with Gasteiger partial charge in [-0.1, -0.05) is 60.7 Å². The molecule has 0 fully saturated rings. The van der Waals surface area contributed by atoms with Crippen molar-refractivity contribution in [2.75, 3.05) is 6.61 Å². The minimum atomic E-state index is -2.98. The van der Waals surface area contributed by atoms with Gasteiger partial charge in [-0.05, 0) is 30.2 Å². The second-order valence-corrected chi connectivity index (χ2v) is 6.27. The van der Waals surface area contributed by atoms with E-state index in [0.717, 1.165) is 6.08 Å². The van der Waals surface area contributed by atoms with Crippen LogP contribution in [0.3, 0.4) is 0 Å². The predicted octanol–water partition coefficient (Wildman–Crippen LogP) is 2.20. The van der Waals surface area contributed by atoms with Crippen LogP contribution in [0, 0.1) is 0 Å². The molecule has 0 aromatic heterocycles. The van der Waals surface area contributed by atoms with Crippen LogP contribution >= 0.6 is 0 Å². The van der Waals surface area contributed by atoms with Gasteiger partial charge in [0.2, 0.25) is 0 Å². The van der Waals surface area contributed by atoms with Gasteiger partial charge in [0.05, 0.1) is 0 Å². The number of ketones is 1. The number of carbonyl (C=O) groups excluding carboxylic acids is 1. The molecule has 0 spiro atoms. The molecule has 2 aromatic rings. The molecule has 0 saturated carbocycles. The van der Waals surface area contributed by atoms with Gasteiger partial charge in [0.15, 0.2) is 5.76 Å². The van der Waals surface area contributed by atoms with Crippen LogP contribution in [0.1, 0.15) is 18.1 Å². The van der Waals surface area contributed by atoms with Crippen molar-refractivity contribution in [2.45, 2.75) is 24.9 Å². The molecule has 3 atom stereocenters. The Hall–Kier alpha value is -2.97. The smallest absolute Gasteiger partial charge is 0.264 e. The van der Waals surface area contributed by atoms with E-state index in [0.29, 0.717) is 11.1 Å². The highest BCUT2D eigenvalue weighted by atomic mass is 16.6. The summed E-state index contributed by atoms with van der Waals surface area (Å²) in [5.74, 6) is -5.92. The standard InChI is InChI=1S/C22H24O7/c1-2-29-22(28,20(26)18(24)14-16-11-7-4-8-12-16)21(27)19(25)17(23)13-15-9-5-3-6-10-15/h3-14,19,21,23-25,27-28H,2H2,1H3/t19-,21+,22-/m1/s1. The summed E-state index contributed by atoms with van der Waals surface area (Å²) in [6.45, 7) is 1.24. The van der Waals surface area contributed by atoms with Crippen molar-refractivity contribution in [3.05, 3.63) is 83.3 Å². The Bertz CT molecular complexity index is 861. The van der Waals surface area contributed by atoms with E-state index in [2.05, 4.69) is 0 Å². The largest absolute Gasteiger partial charge is 0.509 e. The second kappa shape index (κ2) is 9.99. The number of hydrogen-bond donors (Lipinski definition) is 5. The summed E-state index contributed by atoms with van der Waals surface area (Å²) in [5.41, 5.74) is 0.994. The van der Waals surface area contributed by atoms with Gasteiger partial charge >= 0.3 is 0 Å². The van der Waals surface area contributed by atoms with E-state index >= 15 is 0 Å². The first kappa shape index (κ1) is 22.3.